The lowest BCUT2D eigenvalue weighted by Gasteiger charge is -2.33. The van der Waals surface area contributed by atoms with E-state index in [1.807, 2.05) is 29.2 Å². The fourth-order valence-corrected chi connectivity index (χ4v) is 3.35. The number of nitrogens with zero attached hydrogens (tertiary/aromatic N) is 3. The summed E-state index contributed by atoms with van der Waals surface area (Å²) in [5.41, 5.74) is 0.929. The van der Waals surface area contributed by atoms with E-state index in [4.69, 9.17) is 4.52 Å². The summed E-state index contributed by atoms with van der Waals surface area (Å²) in [6, 6.07) is 7.83. The van der Waals surface area contributed by atoms with E-state index < -0.39 is 0 Å². The molecular weight excluding hydrogens is 382 g/mol. The molecule has 0 spiro atoms. The number of rotatable bonds is 3. The fourth-order valence-electron chi connectivity index (χ4n) is 3.09. The van der Waals surface area contributed by atoms with Crippen LogP contribution >= 0.6 is 15.9 Å². The fraction of sp³-hybridized carbons (Fsp3) is 0.526. The highest BCUT2D eigenvalue weighted by Gasteiger charge is 2.30. The zero-order chi connectivity index (χ0) is 18.0. The van der Waals surface area contributed by atoms with Crippen molar-refractivity contribution in [2.45, 2.75) is 46.0 Å². The van der Waals surface area contributed by atoms with E-state index >= 15 is 0 Å². The molecule has 2 heterocycles. The van der Waals surface area contributed by atoms with Crippen LogP contribution < -0.4 is 0 Å². The Morgan fingerprint density at radius 3 is 2.72 bits per heavy atom. The standard InChI is InChI=1S/C19H24BrN3O2/c1-19(2,3)11-16(24)23-10-4-5-14(12-23)18-21-17(22-25-18)13-6-8-15(20)9-7-13/h6-9,14H,4-5,10-12H2,1-3H3. The van der Waals surface area contributed by atoms with Crippen molar-refractivity contribution in [3.63, 3.8) is 0 Å². The molecule has 6 heteroatoms. The lowest BCUT2D eigenvalue weighted by Crippen LogP contribution is -2.40. The molecule has 0 bridgehead atoms. The molecule has 1 unspecified atom stereocenters. The summed E-state index contributed by atoms with van der Waals surface area (Å²) in [4.78, 5) is 19.0. The largest absolute Gasteiger partial charge is 0.342 e. The molecule has 134 valence electrons. The molecule has 0 aliphatic carbocycles. The minimum Gasteiger partial charge on any atom is -0.342 e. The zero-order valence-electron chi connectivity index (χ0n) is 15.0. The molecule has 1 saturated heterocycles. The molecule has 3 rings (SSSR count). The van der Waals surface area contributed by atoms with E-state index in [2.05, 4.69) is 46.8 Å². The molecule has 25 heavy (non-hydrogen) atoms. The van der Waals surface area contributed by atoms with Gasteiger partial charge in [0.05, 0.1) is 5.92 Å². The van der Waals surface area contributed by atoms with Crippen molar-refractivity contribution < 1.29 is 9.32 Å². The average molecular weight is 406 g/mol. The Morgan fingerprint density at radius 1 is 1.32 bits per heavy atom. The van der Waals surface area contributed by atoms with Gasteiger partial charge in [0.15, 0.2) is 0 Å². The first-order valence-electron chi connectivity index (χ1n) is 8.69. The molecule has 1 aromatic carbocycles. The third-order valence-corrected chi connectivity index (χ3v) is 4.88. The van der Waals surface area contributed by atoms with Crippen LogP contribution in [0.2, 0.25) is 0 Å². The van der Waals surface area contributed by atoms with Crippen LogP contribution in [-0.4, -0.2) is 34.0 Å². The van der Waals surface area contributed by atoms with E-state index in [1.54, 1.807) is 0 Å². The lowest BCUT2D eigenvalue weighted by atomic mass is 9.90. The van der Waals surface area contributed by atoms with Crippen LogP contribution in [0.25, 0.3) is 11.4 Å². The lowest BCUT2D eigenvalue weighted by molar-refractivity contribution is -0.134. The Balaban J connectivity index is 1.70. The SMILES string of the molecule is CC(C)(C)CC(=O)N1CCCC(c2nc(-c3ccc(Br)cc3)no2)C1. The maximum absolute atomic E-state index is 12.5. The van der Waals surface area contributed by atoms with Gasteiger partial charge in [0.2, 0.25) is 17.6 Å². The Hall–Kier alpha value is -1.69. The Labute approximate surface area is 156 Å². The molecule has 1 aliphatic heterocycles. The van der Waals surface area contributed by atoms with E-state index in [0.29, 0.717) is 24.7 Å². The Morgan fingerprint density at radius 2 is 2.04 bits per heavy atom. The highest BCUT2D eigenvalue weighted by molar-refractivity contribution is 9.10. The number of halogens is 1. The van der Waals surface area contributed by atoms with Crippen molar-refractivity contribution in [1.82, 2.24) is 15.0 Å². The number of benzene rings is 1. The molecule has 5 nitrogen and oxygen atoms in total. The molecule has 1 aliphatic rings. The first-order valence-corrected chi connectivity index (χ1v) is 9.48. The molecule has 2 aromatic rings. The number of likely N-dealkylation sites (tertiary alicyclic amines) is 1. The van der Waals surface area contributed by atoms with Gasteiger partial charge in [-0.3, -0.25) is 4.79 Å². The van der Waals surface area contributed by atoms with Gasteiger partial charge >= 0.3 is 0 Å². The van der Waals surface area contributed by atoms with Crippen LogP contribution in [0.1, 0.15) is 51.8 Å². The average Bonchev–Trinajstić information content (AvgIpc) is 3.04. The number of aromatic nitrogens is 2. The quantitative estimate of drug-likeness (QED) is 0.745. The van der Waals surface area contributed by atoms with Gasteiger partial charge in [-0.25, -0.2) is 0 Å². The second-order valence-corrected chi connectivity index (χ2v) is 8.80. The summed E-state index contributed by atoms with van der Waals surface area (Å²) in [5.74, 6) is 1.56. The van der Waals surface area contributed by atoms with E-state index in [9.17, 15) is 4.79 Å². The minimum absolute atomic E-state index is 0.00324. The second kappa shape index (κ2) is 7.28. The van der Waals surface area contributed by atoms with E-state index in [1.165, 1.54) is 0 Å². The van der Waals surface area contributed by atoms with E-state index in [0.717, 1.165) is 29.4 Å². The van der Waals surface area contributed by atoms with Crippen molar-refractivity contribution in [3.8, 4) is 11.4 Å². The third kappa shape index (κ3) is 4.69. The van der Waals surface area contributed by atoms with Gasteiger partial charge < -0.3 is 9.42 Å². The van der Waals surface area contributed by atoms with Gasteiger partial charge in [-0.05, 0) is 42.5 Å². The van der Waals surface area contributed by atoms with Crippen molar-refractivity contribution in [1.29, 1.82) is 0 Å². The molecule has 1 amide bonds. The van der Waals surface area contributed by atoms with Gasteiger partial charge in [0.25, 0.3) is 0 Å². The summed E-state index contributed by atoms with van der Waals surface area (Å²) in [7, 11) is 0. The van der Waals surface area contributed by atoms with Crippen LogP contribution in [0.4, 0.5) is 0 Å². The number of carbonyl (C=O) groups is 1. The first kappa shape index (κ1) is 18.1. The van der Waals surface area contributed by atoms with Crippen molar-refractivity contribution in [2.24, 2.45) is 5.41 Å². The third-order valence-electron chi connectivity index (χ3n) is 4.35. The second-order valence-electron chi connectivity index (χ2n) is 7.88. The van der Waals surface area contributed by atoms with Crippen molar-refractivity contribution in [3.05, 3.63) is 34.6 Å². The number of carbonyl (C=O) groups excluding carboxylic acids is 1. The molecular formula is C19H24BrN3O2. The predicted octanol–water partition coefficient (Wildman–Crippen LogP) is 4.64. The minimum atomic E-state index is 0.00324. The van der Waals surface area contributed by atoms with Crippen molar-refractivity contribution >= 4 is 21.8 Å². The molecule has 0 saturated carbocycles. The van der Waals surface area contributed by atoms with Crippen LogP contribution in [0.5, 0.6) is 0 Å². The smallest absolute Gasteiger partial charge is 0.231 e. The summed E-state index contributed by atoms with van der Waals surface area (Å²) < 4.78 is 6.52. The van der Waals surface area contributed by atoms with Gasteiger partial charge in [-0.1, -0.05) is 41.9 Å². The zero-order valence-corrected chi connectivity index (χ0v) is 16.5. The highest BCUT2D eigenvalue weighted by Crippen LogP contribution is 2.29. The highest BCUT2D eigenvalue weighted by atomic mass is 79.9. The van der Waals surface area contributed by atoms with Crippen LogP contribution in [-0.2, 0) is 4.79 Å². The maximum Gasteiger partial charge on any atom is 0.231 e. The number of piperidine rings is 1. The van der Waals surface area contributed by atoms with E-state index in [-0.39, 0.29) is 17.2 Å². The maximum atomic E-state index is 12.5. The molecule has 1 aromatic heterocycles. The Bertz CT molecular complexity index is 734. The molecule has 1 atom stereocenters. The first-order chi connectivity index (χ1) is 11.8. The van der Waals surface area contributed by atoms with Crippen LogP contribution in [0.15, 0.2) is 33.3 Å². The summed E-state index contributed by atoms with van der Waals surface area (Å²) in [6.07, 6.45) is 2.51. The summed E-state index contributed by atoms with van der Waals surface area (Å²) in [6.45, 7) is 7.76. The van der Waals surface area contributed by atoms with Gasteiger partial charge in [-0.15, -0.1) is 0 Å². The Kier molecular flexibility index (Phi) is 5.27. The van der Waals surface area contributed by atoms with Gasteiger partial charge in [-0.2, -0.15) is 4.98 Å². The molecule has 0 N–H and O–H groups in total. The predicted molar refractivity (Wildman–Crippen MR) is 100 cm³/mol. The van der Waals surface area contributed by atoms with Crippen LogP contribution in [0, 0.1) is 5.41 Å². The number of amides is 1. The normalized spacial score (nSPS) is 18.4. The molecule has 1 fully saturated rings. The summed E-state index contributed by atoms with van der Waals surface area (Å²) in [5, 5.41) is 4.12. The van der Waals surface area contributed by atoms with Crippen molar-refractivity contribution in [2.75, 3.05) is 13.1 Å². The van der Waals surface area contributed by atoms with Gasteiger partial charge in [0, 0.05) is 29.5 Å². The van der Waals surface area contributed by atoms with Gasteiger partial charge in [0.1, 0.15) is 0 Å². The monoisotopic (exact) mass is 405 g/mol. The van der Waals surface area contributed by atoms with Crippen LogP contribution in [0.3, 0.4) is 0 Å². The molecule has 0 radical (unpaired) electrons. The summed E-state index contributed by atoms with van der Waals surface area (Å²) >= 11 is 3.42. The number of hydrogen-bond acceptors (Lipinski definition) is 4. The topological polar surface area (TPSA) is 59.2 Å². The number of hydrogen-bond donors (Lipinski definition) is 0.